The molecular formula is C35H37F3N8O2. The maximum Gasteiger partial charge on any atom is 0.251 e. The summed E-state index contributed by atoms with van der Waals surface area (Å²) in [5.41, 5.74) is 10.9. The summed E-state index contributed by atoms with van der Waals surface area (Å²) in [4.78, 5) is 6.97. The number of halogens is 3. The fourth-order valence-electron chi connectivity index (χ4n) is 9.56. The van der Waals surface area contributed by atoms with Crippen molar-refractivity contribution in [3.05, 3.63) is 52.4 Å². The molecule has 5 atom stereocenters. The van der Waals surface area contributed by atoms with Gasteiger partial charge in [0.1, 0.15) is 24.0 Å². The largest absolute Gasteiger partial charge is 0.472 e. The number of nitrogens with two attached hydrogens (primary N) is 1. The summed E-state index contributed by atoms with van der Waals surface area (Å²) in [5, 5.41) is 23.4. The van der Waals surface area contributed by atoms with E-state index in [4.69, 9.17) is 25.1 Å². The van der Waals surface area contributed by atoms with Crippen molar-refractivity contribution in [2.45, 2.75) is 99.5 Å². The van der Waals surface area contributed by atoms with E-state index in [1.807, 2.05) is 35.7 Å². The molecule has 9 rings (SSSR count). The highest BCUT2D eigenvalue weighted by molar-refractivity contribution is 5.87. The maximum atomic E-state index is 14.3. The van der Waals surface area contributed by atoms with Crippen molar-refractivity contribution in [2.75, 3.05) is 25.9 Å². The molecule has 2 saturated heterocycles. The molecule has 2 spiro atoms. The average molecular weight is 659 g/mol. The van der Waals surface area contributed by atoms with Crippen molar-refractivity contribution in [3.8, 4) is 23.3 Å². The normalized spacial score (nSPS) is 29.0. The molecule has 48 heavy (non-hydrogen) atoms. The van der Waals surface area contributed by atoms with Gasteiger partial charge < -0.3 is 20.3 Å². The predicted molar refractivity (Wildman–Crippen MR) is 171 cm³/mol. The van der Waals surface area contributed by atoms with E-state index in [1.54, 1.807) is 12.3 Å². The monoisotopic (exact) mass is 658 g/mol. The number of hydrogen-bond acceptors (Lipinski definition) is 9. The van der Waals surface area contributed by atoms with E-state index in [0.717, 1.165) is 54.6 Å². The summed E-state index contributed by atoms with van der Waals surface area (Å²) >= 11 is 0. The lowest BCUT2D eigenvalue weighted by Crippen LogP contribution is -2.74. The number of rotatable bonds is 5. The first-order chi connectivity index (χ1) is 23.0. The summed E-state index contributed by atoms with van der Waals surface area (Å²) < 4.78 is 57.2. The fourth-order valence-corrected chi connectivity index (χ4v) is 9.56. The zero-order valence-corrected chi connectivity index (χ0v) is 26.9. The summed E-state index contributed by atoms with van der Waals surface area (Å²) in [6.07, 6.45) is 4.26. The number of ether oxygens (including phenoxy) is 1. The third-order valence-electron chi connectivity index (χ3n) is 11.9. The molecule has 3 aromatic heterocycles. The Hall–Kier alpha value is -4.15. The first-order valence-electron chi connectivity index (χ1n) is 16.9. The van der Waals surface area contributed by atoms with Crippen LogP contribution in [0, 0.1) is 11.3 Å². The van der Waals surface area contributed by atoms with Crippen LogP contribution in [0.3, 0.4) is 0 Å². The molecule has 0 unspecified atom stereocenters. The number of pyridine rings is 1. The van der Waals surface area contributed by atoms with E-state index >= 15 is 0 Å². The number of alkyl halides is 3. The lowest BCUT2D eigenvalue weighted by Gasteiger charge is -2.59. The minimum absolute atomic E-state index is 0.143. The van der Waals surface area contributed by atoms with E-state index in [2.05, 4.69) is 16.5 Å². The van der Waals surface area contributed by atoms with Crippen LogP contribution in [0.1, 0.15) is 79.5 Å². The number of anilines is 1. The van der Waals surface area contributed by atoms with Crippen LogP contribution < -0.4 is 15.8 Å². The molecule has 0 bridgehead atoms. The molecule has 0 radical (unpaired) electrons. The van der Waals surface area contributed by atoms with Crippen molar-refractivity contribution in [1.82, 2.24) is 30.1 Å². The minimum Gasteiger partial charge on any atom is -0.472 e. The number of nitrogens with one attached hydrogen (secondary N) is 1. The molecule has 0 amide bonds. The van der Waals surface area contributed by atoms with E-state index in [9.17, 15) is 18.4 Å². The molecule has 2 aliphatic heterocycles. The third-order valence-corrected chi connectivity index (χ3v) is 11.9. The van der Waals surface area contributed by atoms with Crippen LogP contribution in [0.2, 0.25) is 0 Å². The molecule has 4 aromatic rings. The SMILES string of the molecule is C[C@H](Oc1nc(-c2noc3c2CCC[C@@]32CCc3ccc(N)c(C#N)c32)cc2c1cnn2[C@@H]1CNC12CC(F)(F)C2)[C@@H]1C[C@@H](F)CN1C. The molecule has 3 aliphatic carbocycles. The van der Waals surface area contributed by atoms with Crippen LogP contribution in [0.25, 0.3) is 22.3 Å². The first-order valence-corrected chi connectivity index (χ1v) is 16.9. The Morgan fingerprint density at radius 2 is 2.06 bits per heavy atom. The van der Waals surface area contributed by atoms with Gasteiger partial charge in [0.25, 0.3) is 5.92 Å². The number of hydrogen-bond donors (Lipinski definition) is 2. The van der Waals surface area contributed by atoms with Crippen LogP contribution >= 0.6 is 0 Å². The number of nitrogens with zero attached hydrogens (tertiary/aromatic N) is 6. The molecule has 3 fully saturated rings. The van der Waals surface area contributed by atoms with Gasteiger partial charge in [-0.1, -0.05) is 11.2 Å². The van der Waals surface area contributed by atoms with Crippen LogP contribution in [0.4, 0.5) is 18.9 Å². The summed E-state index contributed by atoms with van der Waals surface area (Å²) in [6.45, 7) is 2.78. The third kappa shape index (κ3) is 4.14. The molecule has 1 aromatic carbocycles. The Morgan fingerprint density at radius 1 is 1.23 bits per heavy atom. The van der Waals surface area contributed by atoms with E-state index in [1.165, 1.54) is 0 Å². The highest BCUT2D eigenvalue weighted by Gasteiger charge is 2.65. The summed E-state index contributed by atoms with van der Waals surface area (Å²) in [6, 6.07) is 7.67. The number of nitriles is 1. The van der Waals surface area contributed by atoms with E-state index < -0.39 is 23.0 Å². The van der Waals surface area contributed by atoms with Gasteiger partial charge in [-0.05, 0) is 75.8 Å². The van der Waals surface area contributed by atoms with Gasteiger partial charge in [-0.15, -0.1) is 0 Å². The molecule has 5 aliphatic rings. The van der Waals surface area contributed by atoms with E-state index in [-0.39, 0.29) is 31.0 Å². The number of benzene rings is 1. The molecule has 3 N–H and O–H groups in total. The van der Waals surface area contributed by atoms with Gasteiger partial charge in [0.05, 0.1) is 45.4 Å². The Kier molecular flexibility index (Phi) is 6.35. The fraction of sp³-hybridized carbons (Fsp3) is 0.543. The Morgan fingerprint density at radius 3 is 2.77 bits per heavy atom. The van der Waals surface area contributed by atoms with Gasteiger partial charge in [-0.2, -0.15) is 10.4 Å². The zero-order chi connectivity index (χ0) is 33.2. The second-order valence-electron chi connectivity index (χ2n) is 14.7. The minimum atomic E-state index is -2.70. The van der Waals surface area contributed by atoms with Crippen molar-refractivity contribution >= 4 is 16.6 Å². The maximum absolute atomic E-state index is 14.3. The van der Waals surface area contributed by atoms with Crippen LogP contribution in [-0.2, 0) is 18.3 Å². The van der Waals surface area contributed by atoms with Crippen molar-refractivity contribution < 1.29 is 22.4 Å². The number of aryl methyl sites for hydroxylation is 1. The number of nitrogen functional groups attached to an aromatic ring is 1. The second-order valence-corrected chi connectivity index (χ2v) is 14.7. The lowest BCUT2D eigenvalue weighted by atomic mass is 9.64. The topological polar surface area (TPSA) is 131 Å². The molecule has 250 valence electrons. The number of fused-ring (bicyclic) bond motifs is 5. The van der Waals surface area contributed by atoms with Gasteiger partial charge in [0, 0.05) is 43.2 Å². The average Bonchev–Trinajstić information content (AvgIpc) is 3.81. The molecule has 10 nitrogen and oxygen atoms in total. The van der Waals surface area contributed by atoms with Crippen LogP contribution in [0.15, 0.2) is 28.9 Å². The molecule has 1 saturated carbocycles. The zero-order valence-electron chi connectivity index (χ0n) is 26.9. The highest BCUT2D eigenvalue weighted by Crippen LogP contribution is 2.56. The molecular weight excluding hydrogens is 621 g/mol. The highest BCUT2D eigenvalue weighted by atomic mass is 19.3. The predicted octanol–water partition coefficient (Wildman–Crippen LogP) is 5.23. The van der Waals surface area contributed by atoms with Crippen LogP contribution in [-0.4, -0.2) is 74.7 Å². The quantitative estimate of drug-likeness (QED) is 0.277. The standard InChI is InChI=1S/C35H37F3N8O2/c1-18(26-10-20(36)15-45(26)2)47-32-23-13-42-46(28-14-41-34(28)16-35(37,38)17-34)27(23)11-25(43-32)30-21-4-3-8-33(31(21)48-44-30)9-7-19-5-6-24(40)22(12-39)29(19)33/h5-6,11,13,18,20,26,28,41H,3-4,7-10,14-17,40H2,1-2H3/t18-,20+,26-,28+,33-/m0/s1. The van der Waals surface area contributed by atoms with Gasteiger partial charge in [-0.3, -0.25) is 9.58 Å². The Labute approximate surface area is 275 Å². The van der Waals surface area contributed by atoms with Crippen molar-refractivity contribution in [2.24, 2.45) is 0 Å². The number of likely N-dealkylation sites (N-methyl/N-ethyl adjacent to an activating group) is 1. The van der Waals surface area contributed by atoms with Gasteiger partial charge in [-0.25, -0.2) is 18.2 Å². The Balaban J connectivity index is 1.17. The van der Waals surface area contributed by atoms with Crippen molar-refractivity contribution in [3.63, 3.8) is 0 Å². The Bertz CT molecular complexity index is 2010. The first kappa shape index (κ1) is 29.9. The summed E-state index contributed by atoms with van der Waals surface area (Å²) in [5.74, 6) is -1.61. The van der Waals surface area contributed by atoms with Gasteiger partial charge >= 0.3 is 0 Å². The van der Waals surface area contributed by atoms with E-state index in [0.29, 0.717) is 58.9 Å². The van der Waals surface area contributed by atoms with Gasteiger partial charge in [0.2, 0.25) is 5.88 Å². The molecule has 5 heterocycles. The van der Waals surface area contributed by atoms with Gasteiger partial charge in [0.15, 0.2) is 5.76 Å². The lowest BCUT2D eigenvalue weighted by molar-refractivity contribution is -0.175. The smallest absolute Gasteiger partial charge is 0.251 e. The second kappa shape index (κ2) is 10.2. The molecule has 13 heteroatoms. The summed E-state index contributed by atoms with van der Waals surface area (Å²) in [7, 11) is 1.89. The number of aromatic nitrogens is 4. The number of likely N-dealkylation sites (tertiary alicyclic amines) is 1. The van der Waals surface area contributed by atoms with Crippen LogP contribution in [0.5, 0.6) is 5.88 Å². The van der Waals surface area contributed by atoms with Crippen molar-refractivity contribution in [1.29, 1.82) is 5.26 Å².